The topological polar surface area (TPSA) is 38.5 Å². The molecule has 61 heavy (non-hydrogen) atoms. The van der Waals surface area contributed by atoms with Gasteiger partial charge in [0.15, 0.2) is 0 Å². The molecule has 8 aromatic carbocycles. The van der Waals surface area contributed by atoms with Gasteiger partial charge in [0.25, 0.3) is 0 Å². The number of fused-ring (bicyclic) bond motifs is 7. The van der Waals surface area contributed by atoms with Gasteiger partial charge in [0.1, 0.15) is 5.82 Å². The molecular weight excluding hydrogens is 930 g/mol. The van der Waals surface area contributed by atoms with Crippen LogP contribution in [0.15, 0.2) is 200 Å². The monoisotopic (exact) mass is 963 g/mol. The second-order valence-corrected chi connectivity index (χ2v) is 14.9. The third-order valence-corrected chi connectivity index (χ3v) is 11.4. The molecule has 4 heterocycles. The number of para-hydroxylation sites is 4. The number of ether oxygens (including phenoxy) is 1. The minimum Gasteiger partial charge on any atom is -0.509 e. The van der Waals surface area contributed by atoms with Gasteiger partial charge in [-0.1, -0.05) is 115 Å². The molecule has 7 heteroatoms. The normalized spacial score (nSPS) is 12.3. The predicted octanol–water partition coefficient (Wildman–Crippen LogP) is 13.7. The molecule has 0 atom stereocenters. The second-order valence-electron chi connectivity index (χ2n) is 14.9. The predicted molar refractivity (Wildman–Crippen MR) is 244 cm³/mol. The van der Waals surface area contributed by atoms with Gasteiger partial charge in [0, 0.05) is 83.9 Å². The Kier molecular flexibility index (Phi) is 9.02. The van der Waals surface area contributed by atoms with Crippen molar-refractivity contribution in [3.05, 3.63) is 219 Å². The number of hydrogen-bond donors (Lipinski definition) is 0. The summed E-state index contributed by atoms with van der Waals surface area (Å²) in [6.45, 7) is 2.13. The van der Waals surface area contributed by atoms with Gasteiger partial charge in [-0.25, -0.2) is 4.98 Å². The minimum atomic E-state index is 0. The van der Waals surface area contributed by atoms with Crippen molar-refractivity contribution in [1.29, 1.82) is 0 Å². The third-order valence-electron chi connectivity index (χ3n) is 11.4. The van der Waals surface area contributed by atoms with E-state index in [0.29, 0.717) is 11.5 Å². The molecule has 3 aromatic heterocycles. The average molecular weight is 964 g/mol. The first-order valence-electron chi connectivity index (χ1n) is 20.0. The zero-order valence-electron chi connectivity index (χ0n) is 32.6. The first kappa shape index (κ1) is 36.7. The van der Waals surface area contributed by atoms with Crippen molar-refractivity contribution in [2.45, 2.75) is 0 Å². The van der Waals surface area contributed by atoms with E-state index in [1.54, 1.807) is 0 Å². The van der Waals surface area contributed by atoms with E-state index in [2.05, 4.69) is 202 Å². The molecule has 6 nitrogen and oxygen atoms in total. The van der Waals surface area contributed by atoms with Gasteiger partial charge in [0.05, 0.1) is 11.0 Å². The number of anilines is 4. The van der Waals surface area contributed by atoms with Crippen molar-refractivity contribution in [1.82, 2.24) is 14.1 Å². The zero-order valence-corrected chi connectivity index (χ0v) is 34.9. The molecule has 0 saturated carbocycles. The Morgan fingerprint density at radius 3 is 1.87 bits per heavy atom. The van der Waals surface area contributed by atoms with E-state index in [1.165, 1.54) is 0 Å². The molecular formula is C54H34N5OPt-3. The largest absolute Gasteiger partial charge is 0.509 e. The van der Waals surface area contributed by atoms with E-state index in [0.717, 1.165) is 89.0 Å². The summed E-state index contributed by atoms with van der Waals surface area (Å²) >= 11 is 0. The quantitative estimate of drug-likeness (QED) is 0.149. The fourth-order valence-electron chi connectivity index (χ4n) is 8.71. The number of aromatic nitrogens is 3. The van der Waals surface area contributed by atoms with Crippen LogP contribution in [-0.2, 0) is 21.1 Å². The van der Waals surface area contributed by atoms with Gasteiger partial charge >= 0.3 is 0 Å². The van der Waals surface area contributed by atoms with Crippen molar-refractivity contribution < 1.29 is 25.8 Å². The van der Waals surface area contributed by atoms with E-state index in [1.807, 2.05) is 36.5 Å². The molecule has 0 saturated heterocycles. The third kappa shape index (κ3) is 6.18. The first-order valence-corrected chi connectivity index (χ1v) is 20.0. The van der Waals surface area contributed by atoms with Crippen LogP contribution in [0.1, 0.15) is 0 Å². The maximum atomic E-state index is 6.65. The number of benzene rings is 8. The summed E-state index contributed by atoms with van der Waals surface area (Å²) in [5.41, 5.74) is 11.6. The van der Waals surface area contributed by atoms with E-state index < -0.39 is 0 Å². The molecule has 1 aliphatic rings. The summed E-state index contributed by atoms with van der Waals surface area (Å²) in [4.78, 5) is 9.52. The van der Waals surface area contributed by atoms with Gasteiger partial charge in [-0.05, 0) is 65.0 Å². The van der Waals surface area contributed by atoms with Gasteiger partial charge in [-0.2, -0.15) is 12.1 Å². The molecule has 0 fully saturated rings. The number of nitrogens with zero attached hydrogens (tertiary/aromatic N) is 5. The van der Waals surface area contributed by atoms with Crippen LogP contribution in [0.25, 0.3) is 66.2 Å². The Morgan fingerprint density at radius 1 is 0.443 bits per heavy atom. The van der Waals surface area contributed by atoms with Crippen LogP contribution in [0, 0.1) is 18.8 Å². The van der Waals surface area contributed by atoms with Crippen LogP contribution in [0.5, 0.6) is 11.5 Å². The fraction of sp³-hybridized carbons (Fsp3) is 0. The molecule has 1 aliphatic heterocycles. The van der Waals surface area contributed by atoms with Crippen molar-refractivity contribution in [2.75, 3.05) is 9.80 Å². The van der Waals surface area contributed by atoms with Crippen LogP contribution >= 0.6 is 0 Å². The van der Waals surface area contributed by atoms with Gasteiger partial charge in [0.2, 0.25) is 0 Å². The number of pyridine rings is 1. The van der Waals surface area contributed by atoms with Crippen LogP contribution < -0.4 is 14.5 Å². The van der Waals surface area contributed by atoms with Crippen LogP contribution in [-0.4, -0.2) is 14.1 Å². The van der Waals surface area contributed by atoms with Crippen LogP contribution in [0.2, 0.25) is 0 Å². The Balaban J connectivity index is 0.00000420. The smallest absolute Gasteiger partial charge is 0.137 e. The maximum Gasteiger partial charge on any atom is 0.137 e. The Bertz CT molecular complexity index is 3400. The Labute approximate surface area is 367 Å². The molecule has 294 valence electrons. The minimum absolute atomic E-state index is 0. The van der Waals surface area contributed by atoms with E-state index >= 15 is 0 Å². The van der Waals surface area contributed by atoms with E-state index in [4.69, 9.17) is 9.72 Å². The fourth-order valence-corrected chi connectivity index (χ4v) is 8.71. The summed E-state index contributed by atoms with van der Waals surface area (Å²) in [5, 5.41) is 4.45. The van der Waals surface area contributed by atoms with E-state index in [9.17, 15) is 0 Å². The molecule has 0 unspecified atom stereocenters. The van der Waals surface area contributed by atoms with Crippen molar-refractivity contribution in [2.24, 2.45) is 0 Å². The van der Waals surface area contributed by atoms with Crippen molar-refractivity contribution in [3.8, 4) is 34.1 Å². The van der Waals surface area contributed by atoms with E-state index in [-0.39, 0.29) is 21.1 Å². The van der Waals surface area contributed by atoms with Gasteiger partial charge in [-0.3, -0.25) is 0 Å². The standard InChI is InChI=1S/C54H34N5O.Pt/c1-4-15-37(16-5-1)38-27-30-50-53(31-38)57(36-56(50)39-17-6-2-7-18-39)41-21-14-22-42(32-41)60-43-28-29-46-44-23-10-13-26-49(44)59(51(46)33-43)54-34-52-47(35-55-54)45-24-11-12-25-48(45)58(52)40-19-8-3-9-20-40;/h1-31,34-36H;/q-3;. The summed E-state index contributed by atoms with van der Waals surface area (Å²) in [7, 11) is 0. The second kappa shape index (κ2) is 15.0. The van der Waals surface area contributed by atoms with Crippen LogP contribution in [0.4, 0.5) is 22.7 Å². The summed E-state index contributed by atoms with van der Waals surface area (Å²) in [6.07, 6.45) is 2.00. The number of hydrogen-bond acceptors (Lipinski definition) is 4. The zero-order chi connectivity index (χ0) is 39.6. The SMILES string of the molecule is [Pt].[c-]1c(Oc2[c-]c3c(cc2)c2ccccc2n3-c2cc3c(cn2)c2ccccc2n3-c2ccccc2)cccc1N1[CH-]N(c2ccccc2)c2ccc(-c3ccccc3)cc21. The van der Waals surface area contributed by atoms with Gasteiger partial charge < -0.3 is 23.7 Å². The Morgan fingerprint density at radius 2 is 1.10 bits per heavy atom. The molecule has 0 N–H and O–H groups in total. The molecule has 11 aromatic rings. The van der Waals surface area contributed by atoms with Crippen molar-refractivity contribution >= 4 is 66.4 Å². The Hall–Kier alpha value is -7.40. The molecule has 0 amide bonds. The molecule has 0 bridgehead atoms. The molecule has 0 radical (unpaired) electrons. The molecule has 12 rings (SSSR count). The summed E-state index contributed by atoms with van der Waals surface area (Å²) in [5.74, 6) is 1.98. The number of rotatable bonds is 7. The molecule has 0 aliphatic carbocycles. The van der Waals surface area contributed by atoms with Gasteiger partial charge in [-0.15, -0.1) is 48.1 Å². The maximum absolute atomic E-state index is 6.65. The summed E-state index contributed by atoms with van der Waals surface area (Å²) in [6, 6.07) is 74.6. The summed E-state index contributed by atoms with van der Waals surface area (Å²) < 4.78 is 11.2. The van der Waals surface area contributed by atoms with Crippen molar-refractivity contribution in [3.63, 3.8) is 0 Å². The average Bonchev–Trinajstić information content (AvgIpc) is 3.97. The van der Waals surface area contributed by atoms with Crippen LogP contribution in [0.3, 0.4) is 0 Å². The first-order chi connectivity index (χ1) is 29.7. The molecule has 0 spiro atoms.